The summed E-state index contributed by atoms with van der Waals surface area (Å²) in [4.78, 5) is 32.1. The number of amides is 1. The second kappa shape index (κ2) is 11.4. The number of aromatic nitrogens is 9. The van der Waals surface area contributed by atoms with Crippen molar-refractivity contribution in [2.75, 3.05) is 5.32 Å². The Kier molecular flexibility index (Phi) is 7.44. The number of para-hydroxylation sites is 1. The maximum atomic E-state index is 12.6. The number of hydrogen-bond acceptors (Lipinski definition) is 11. The first kappa shape index (κ1) is 25.4. The number of aryl methyl sites for hydroxylation is 2. The van der Waals surface area contributed by atoms with Crippen LogP contribution in [0.25, 0.3) is 12.2 Å². The number of ether oxygens (including phenoxy) is 1. The van der Waals surface area contributed by atoms with E-state index in [1.165, 1.54) is 27.6 Å². The fourth-order valence-electron chi connectivity index (χ4n) is 3.62. The molecular weight excluding hydrogens is 526 g/mol. The molecule has 0 atom stereocenters. The predicted octanol–water partition coefficient (Wildman–Crippen LogP) is 2.67. The van der Waals surface area contributed by atoms with E-state index in [4.69, 9.17) is 4.74 Å². The normalized spacial score (nSPS) is 11.2. The summed E-state index contributed by atoms with van der Waals surface area (Å²) in [6.45, 7) is 0.592. The van der Waals surface area contributed by atoms with E-state index in [1.54, 1.807) is 59.7 Å². The Bertz CT molecular complexity index is 1620. The lowest BCUT2D eigenvalue weighted by Gasteiger charge is -2.09. The zero-order valence-corrected chi connectivity index (χ0v) is 21.3. The van der Waals surface area contributed by atoms with E-state index in [9.17, 15) is 14.9 Å². The van der Waals surface area contributed by atoms with E-state index in [0.717, 1.165) is 0 Å². The van der Waals surface area contributed by atoms with Crippen LogP contribution in [0, 0.1) is 10.1 Å². The van der Waals surface area contributed by atoms with Crippen LogP contribution in [0.15, 0.2) is 54.6 Å². The highest BCUT2D eigenvalue weighted by atomic mass is 32.1. The quantitative estimate of drug-likeness (QED) is 0.191. The Morgan fingerprint density at radius 2 is 2.03 bits per heavy atom. The van der Waals surface area contributed by atoms with Crippen LogP contribution in [0.1, 0.15) is 27.7 Å². The van der Waals surface area contributed by atoms with Gasteiger partial charge < -0.3 is 19.4 Å². The average Bonchev–Trinajstić information content (AvgIpc) is 3.73. The van der Waals surface area contributed by atoms with Crippen LogP contribution >= 0.6 is 11.3 Å². The lowest BCUT2D eigenvalue weighted by atomic mass is 10.2. The standard InChI is InChI=1S/C23H21N11O4S/c1-31-9-8-24-19(31)6-7-20-25-12-21(34(36)37)33(20)11-10-32-13-16(28-30-32)14-38-18-5-3-2-4-17(18)22(35)27-23-29-26-15-39-23/h2-9,12-13,15H,10-11,14H2,1H3,(H,27,29,35)/b7-6+. The lowest BCUT2D eigenvalue weighted by molar-refractivity contribution is -0.392. The van der Waals surface area contributed by atoms with Gasteiger partial charge in [0.2, 0.25) is 11.0 Å². The molecule has 0 bridgehead atoms. The van der Waals surface area contributed by atoms with E-state index in [2.05, 4.69) is 35.8 Å². The zero-order chi connectivity index (χ0) is 27.2. The van der Waals surface area contributed by atoms with Crippen molar-refractivity contribution in [2.45, 2.75) is 19.7 Å². The number of benzene rings is 1. The number of rotatable bonds is 11. The number of carbonyl (C=O) groups is 1. The second-order valence-corrected chi connectivity index (χ2v) is 8.90. The van der Waals surface area contributed by atoms with Crippen LogP contribution in [0.5, 0.6) is 5.75 Å². The molecule has 1 amide bonds. The van der Waals surface area contributed by atoms with Gasteiger partial charge in [0.25, 0.3) is 5.91 Å². The minimum absolute atomic E-state index is 0.0615. The molecule has 0 saturated carbocycles. The van der Waals surface area contributed by atoms with Gasteiger partial charge >= 0.3 is 5.82 Å². The smallest absolute Gasteiger partial charge is 0.343 e. The lowest BCUT2D eigenvalue weighted by Crippen LogP contribution is -2.13. The van der Waals surface area contributed by atoms with Gasteiger partial charge in [-0.05, 0) is 23.1 Å². The van der Waals surface area contributed by atoms with Crippen molar-refractivity contribution in [2.24, 2.45) is 7.05 Å². The Balaban J connectivity index is 1.23. The molecule has 0 radical (unpaired) electrons. The first-order valence-electron chi connectivity index (χ1n) is 11.5. The molecule has 0 spiro atoms. The molecule has 198 valence electrons. The van der Waals surface area contributed by atoms with Crippen LogP contribution in [0.3, 0.4) is 0 Å². The highest BCUT2D eigenvalue weighted by Crippen LogP contribution is 2.21. The first-order valence-corrected chi connectivity index (χ1v) is 12.4. The Hall–Kier alpha value is -5.25. The zero-order valence-electron chi connectivity index (χ0n) is 20.5. The summed E-state index contributed by atoms with van der Waals surface area (Å²) < 4.78 is 10.7. The topological polar surface area (TPSA) is 174 Å². The third-order valence-corrected chi connectivity index (χ3v) is 6.13. The second-order valence-electron chi connectivity index (χ2n) is 8.07. The third kappa shape index (κ3) is 6.02. The summed E-state index contributed by atoms with van der Waals surface area (Å²) >= 11 is 1.21. The molecule has 0 aliphatic heterocycles. The third-order valence-electron chi connectivity index (χ3n) is 5.52. The molecule has 0 unspecified atom stereocenters. The maximum Gasteiger partial charge on any atom is 0.343 e. The van der Waals surface area contributed by atoms with Crippen molar-refractivity contribution in [3.05, 3.63) is 87.6 Å². The van der Waals surface area contributed by atoms with Gasteiger partial charge in [0.15, 0.2) is 0 Å². The van der Waals surface area contributed by atoms with E-state index >= 15 is 0 Å². The van der Waals surface area contributed by atoms with E-state index in [1.807, 2.05) is 11.6 Å². The fraction of sp³-hybridized carbons (Fsp3) is 0.174. The molecule has 4 aromatic heterocycles. The minimum atomic E-state index is -0.482. The average molecular weight is 548 g/mol. The van der Waals surface area contributed by atoms with E-state index < -0.39 is 4.92 Å². The minimum Gasteiger partial charge on any atom is -0.486 e. The summed E-state index contributed by atoms with van der Waals surface area (Å²) in [6, 6.07) is 6.80. The molecule has 4 heterocycles. The van der Waals surface area contributed by atoms with Gasteiger partial charge in [-0.25, -0.2) is 19.2 Å². The number of imidazole rings is 2. The fourth-order valence-corrected chi connectivity index (χ4v) is 4.06. The predicted molar refractivity (Wildman–Crippen MR) is 140 cm³/mol. The highest BCUT2D eigenvalue weighted by Gasteiger charge is 2.19. The number of nitro groups is 1. The van der Waals surface area contributed by atoms with Gasteiger partial charge in [0.1, 0.15) is 42.1 Å². The van der Waals surface area contributed by atoms with Gasteiger partial charge in [-0.2, -0.15) is 0 Å². The van der Waals surface area contributed by atoms with Crippen LogP contribution < -0.4 is 10.1 Å². The van der Waals surface area contributed by atoms with E-state index in [0.29, 0.717) is 40.3 Å². The number of anilines is 1. The van der Waals surface area contributed by atoms with Crippen LogP contribution in [-0.2, 0) is 26.7 Å². The van der Waals surface area contributed by atoms with Crippen molar-refractivity contribution in [3.63, 3.8) is 0 Å². The van der Waals surface area contributed by atoms with Crippen LogP contribution in [-0.4, -0.2) is 55.1 Å². The molecule has 0 aliphatic carbocycles. The van der Waals surface area contributed by atoms with Gasteiger partial charge in [-0.3, -0.25) is 10.1 Å². The maximum absolute atomic E-state index is 12.6. The molecule has 15 nitrogen and oxygen atoms in total. The summed E-state index contributed by atoms with van der Waals surface area (Å²) in [5.74, 6) is 0.957. The van der Waals surface area contributed by atoms with Gasteiger partial charge in [-0.1, -0.05) is 28.7 Å². The molecule has 5 rings (SSSR count). The first-order chi connectivity index (χ1) is 19.0. The number of hydrogen-bond donors (Lipinski definition) is 1. The Morgan fingerprint density at radius 3 is 2.79 bits per heavy atom. The molecule has 0 aliphatic rings. The number of nitrogens with zero attached hydrogens (tertiary/aromatic N) is 10. The SMILES string of the molecule is Cn1ccnc1/C=C/c1ncc([N+](=O)[O-])n1CCn1cc(COc2ccccc2C(=O)Nc2nncs2)nn1. The molecule has 1 aromatic carbocycles. The summed E-state index contributed by atoms with van der Waals surface area (Å²) in [6.07, 6.45) is 9.77. The van der Waals surface area contributed by atoms with Gasteiger partial charge in [0.05, 0.1) is 18.3 Å². The monoisotopic (exact) mass is 547 g/mol. The van der Waals surface area contributed by atoms with Crippen molar-refractivity contribution >= 4 is 40.3 Å². The molecule has 1 N–H and O–H groups in total. The van der Waals surface area contributed by atoms with Crippen molar-refractivity contribution < 1.29 is 14.5 Å². The molecular formula is C23H21N11O4S. The number of nitrogens with one attached hydrogen (secondary N) is 1. The summed E-state index contributed by atoms with van der Waals surface area (Å²) in [7, 11) is 1.85. The van der Waals surface area contributed by atoms with Crippen LogP contribution in [0.4, 0.5) is 10.9 Å². The molecule has 39 heavy (non-hydrogen) atoms. The van der Waals surface area contributed by atoms with Gasteiger partial charge in [0, 0.05) is 25.5 Å². The molecule has 5 aromatic rings. The van der Waals surface area contributed by atoms with Crippen molar-refractivity contribution in [1.82, 2.24) is 44.3 Å². The summed E-state index contributed by atoms with van der Waals surface area (Å²) in [5.41, 5.74) is 2.37. The highest BCUT2D eigenvalue weighted by molar-refractivity contribution is 7.13. The molecule has 0 saturated heterocycles. The largest absolute Gasteiger partial charge is 0.486 e. The Labute approximate surface area is 224 Å². The van der Waals surface area contributed by atoms with Crippen molar-refractivity contribution in [3.8, 4) is 5.75 Å². The van der Waals surface area contributed by atoms with E-state index in [-0.39, 0.29) is 24.9 Å². The summed E-state index contributed by atoms with van der Waals surface area (Å²) in [5, 5.41) is 30.3. The Morgan fingerprint density at radius 1 is 1.18 bits per heavy atom. The number of carbonyl (C=O) groups excluding carboxylic acids is 1. The van der Waals surface area contributed by atoms with Gasteiger partial charge in [-0.15, -0.1) is 15.3 Å². The van der Waals surface area contributed by atoms with Crippen molar-refractivity contribution in [1.29, 1.82) is 0 Å². The molecule has 0 fully saturated rings. The van der Waals surface area contributed by atoms with Crippen LogP contribution in [0.2, 0.25) is 0 Å². The molecule has 16 heteroatoms.